The van der Waals surface area contributed by atoms with Crippen LogP contribution in [0.4, 0.5) is 0 Å². The zero-order valence-electron chi connectivity index (χ0n) is 12.8. The number of hydrogen-bond acceptors (Lipinski definition) is 3. The summed E-state index contributed by atoms with van der Waals surface area (Å²) in [7, 11) is 0. The summed E-state index contributed by atoms with van der Waals surface area (Å²) < 4.78 is 1.91. The monoisotopic (exact) mass is 272 g/mol. The molecule has 0 radical (unpaired) electrons. The van der Waals surface area contributed by atoms with Gasteiger partial charge in [0, 0.05) is 6.54 Å². The van der Waals surface area contributed by atoms with E-state index in [0.29, 0.717) is 6.54 Å². The molecule has 0 saturated carbocycles. The second kappa shape index (κ2) is 5.75. The topological polar surface area (TPSA) is 56.7 Å². The number of aromatic nitrogens is 3. The molecular weight excluding hydrogens is 248 g/mol. The predicted octanol–water partition coefficient (Wildman–Crippen LogP) is 2.98. The third-order valence-corrected chi connectivity index (χ3v) is 3.50. The molecule has 0 bridgehead atoms. The van der Waals surface area contributed by atoms with Crippen LogP contribution in [0.1, 0.15) is 51.1 Å². The smallest absolute Gasteiger partial charge is 0.0999 e. The van der Waals surface area contributed by atoms with Gasteiger partial charge in [0.2, 0.25) is 0 Å². The zero-order valence-corrected chi connectivity index (χ0v) is 12.8. The van der Waals surface area contributed by atoms with Crippen LogP contribution >= 0.6 is 0 Å². The van der Waals surface area contributed by atoms with Crippen molar-refractivity contribution in [2.24, 2.45) is 5.73 Å². The molecule has 1 aromatic carbocycles. The summed E-state index contributed by atoms with van der Waals surface area (Å²) in [6.45, 7) is 9.24. The summed E-state index contributed by atoms with van der Waals surface area (Å²) in [6.07, 6.45) is 2.00. The summed E-state index contributed by atoms with van der Waals surface area (Å²) in [6, 6.07) is 8.53. The van der Waals surface area contributed by atoms with E-state index in [1.54, 1.807) is 0 Å². The average molecular weight is 272 g/mol. The molecule has 0 atom stereocenters. The first-order valence-electron chi connectivity index (χ1n) is 7.21. The lowest BCUT2D eigenvalue weighted by Gasteiger charge is -2.19. The minimum absolute atomic E-state index is 0.162. The zero-order chi connectivity index (χ0) is 14.8. The van der Waals surface area contributed by atoms with E-state index in [2.05, 4.69) is 62.3 Å². The summed E-state index contributed by atoms with van der Waals surface area (Å²) in [5, 5.41) is 8.44. The van der Waals surface area contributed by atoms with Gasteiger partial charge in [-0.3, -0.25) is 0 Å². The molecule has 0 aliphatic heterocycles. The number of nitrogens with zero attached hydrogens (tertiary/aromatic N) is 3. The molecule has 0 saturated heterocycles. The third kappa shape index (κ3) is 2.90. The van der Waals surface area contributed by atoms with Gasteiger partial charge in [0.15, 0.2) is 0 Å². The highest BCUT2D eigenvalue weighted by atomic mass is 15.4. The van der Waals surface area contributed by atoms with Crippen LogP contribution in [0.15, 0.2) is 24.3 Å². The van der Waals surface area contributed by atoms with Crippen LogP contribution in [0, 0.1) is 0 Å². The van der Waals surface area contributed by atoms with Gasteiger partial charge in [-0.25, -0.2) is 4.68 Å². The van der Waals surface area contributed by atoms with E-state index in [9.17, 15) is 0 Å². The van der Waals surface area contributed by atoms with Gasteiger partial charge in [0.25, 0.3) is 0 Å². The van der Waals surface area contributed by atoms with Gasteiger partial charge in [0.05, 0.1) is 17.1 Å². The maximum absolute atomic E-state index is 5.74. The molecule has 1 heterocycles. The third-order valence-electron chi connectivity index (χ3n) is 3.50. The largest absolute Gasteiger partial charge is 0.325 e. The van der Waals surface area contributed by atoms with E-state index in [4.69, 9.17) is 5.73 Å². The maximum atomic E-state index is 5.74. The highest BCUT2D eigenvalue weighted by Gasteiger charge is 2.15. The molecule has 2 aromatic rings. The molecule has 108 valence electrons. The van der Waals surface area contributed by atoms with E-state index < -0.39 is 0 Å². The molecule has 2 N–H and O–H groups in total. The first kappa shape index (κ1) is 14.7. The van der Waals surface area contributed by atoms with Gasteiger partial charge >= 0.3 is 0 Å². The van der Waals surface area contributed by atoms with E-state index in [1.165, 1.54) is 5.56 Å². The van der Waals surface area contributed by atoms with E-state index in [-0.39, 0.29) is 5.41 Å². The Morgan fingerprint density at radius 3 is 2.30 bits per heavy atom. The van der Waals surface area contributed by atoms with Gasteiger partial charge in [-0.15, -0.1) is 5.10 Å². The predicted molar refractivity (Wildman–Crippen MR) is 81.9 cm³/mol. The first-order valence-corrected chi connectivity index (χ1v) is 7.21. The van der Waals surface area contributed by atoms with Gasteiger partial charge in [-0.05, 0) is 29.5 Å². The van der Waals surface area contributed by atoms with Crippen molar-refractivity contribution in [3.8, 4) is 5.69 Å². The average Bonchev–Trinajstić information content (AvgIpc) is 2.81. The maximum Gasteiger partial charge on any atom is 0.0999 e. The van der Waals surface area contributed by atoms with Gasteiger partial charge in [-0.2, -0.15) is 0 Å². The van der Waals surface area contributed by atoms with Crippen LogP contribution in [0.2, 0.25) is 0 Å². The fourth-order valence-corrected chi connectivity index (χ4v) is 2.29. The van der Waals surface area contributed by atoms with Gasteiger partial charge in [-0.1, -0.05) is 51.5 Å². The molecule has 0 amide bonds. The van der Waals surface area contributed by atoms with Crippen molar-refractivity contribution >= 4 is 0 Å². The van der Waals surface area contributed by atoms with E-state index >= 15 is 0 Å². The van der Waals surface area contributed by atoms with Crippen LogP contribution in [-0.2, 0) is 18.4 Å². The van der Waals surface area contributed by atoms with E-state index in [0.717, 1.165) is 29.9 Å². The number of benzene rings is 1. The summed E-state index contributed by atoms with van der Waals surface area (Å²) >= 11 is 0. The Morgan fingerprint density at radius 1 is 1.15 bits per heavy atom. The molecule has 2 rings (SSSR count). The summed E-state index contributed by atoms with van der Waals surface area (Å²) in [4.78, 5) is 0. The quantitative estimate of drug-likeness (QED) is 0.931. The van der Waals surface area contributed by atoms with Crippen molar-refractivity contribution < 1.29 is 0 Å². The molecule has 20 heavy (non-hydrogen) atoms. The Morgan fingerprint density at radius 2 is 1.80 bits per heavy atom. The van der Waals surface area contributed by atoms with Crippen LogP contribution in [0.3, 0.4) is 0 Å². The fraction of sp³-hybridized carbons (Fsp3) is 0.500. The van der Waals surface area contributed by atoms with Crippen molar-refractivity contribution in [3.63, 3.8) is 0 Å². The standard InChI is InChI=1S/C16H24N4/c1-5-6-15-14(11-17)18-19-20(15)13-9-7-12(8-10-13)16(2,3)4/h7-10H,5-6,11,17H2,1-4H3. The molecule has 0 aliphatic rings. The molecule has 4 heteroatoms. The Labute approximate surface area is 121 Å². The van der Waals surface area contributed by atoms with Crippen LogP contribution in [0.5, 0.6) is 0 Å². The summed E-state index contributed by atoms with van der Waals surface area (Å²) in [5.41, 5.74) is 10.3. The molecule has 4 nitrogen and oxygen atoms in total. The molecular formula is C16H24N4. The van der Waals surface area contributed by atoms with Crippen molar-refractivity contribution in [3.05, 3.63) is 41.2 Å². The van der Waals surface area contributed by atoms with Crippen LogP contribution in [0.25, 0.3) is 5.69 Å². The molecule has 0 spiro atoms. The lowest BCUT2D eigenvalue weighted by molar-refractivity contribution is 0.590. The van der Waals surface area contributed by atoms with Crippen molar-refractivity contribution in [2.45, 2.75) is 52.5 Å². The Bertz CT molecular complexity index is 561. The highest BCUT2D eigenvalue weighted by molar-refractivity contribution is 5.38. The van der Waals surface area contributed by atoms with Crippen LogP contribution in [-0.4, -0.2) is 15.0 Å². The van der Waals surface area contributed by atoms with E-state index in [1.807, 2.05) is 4.68 Å². The second-order valence-electron chi connectivity index (χ2n) is 6.15. The highest BCUT2D eigenvalue weighted by Crippen LogP contribution is 2.23. The lowest BCUT2D eigenvalue weighted by atomic mass is 9.87. The fourth-order valence-electron chi connectivity index (χ4n) is 2.29. The minimum atomic E-state index is 0.162. The van der Waals surface area contributed by atoms with Crippen LogP contribution < -0.4 is 5.73 Å². The minimum Gasteiger partial charge on any atom is -0.325 e. The summed E-state index contributed by atoms with van der Waals surface area (Å²) in [5.74, 6) is 0. The van der Waals surface area contributed by atoms with Crippen molar-refractivity contribution in [1.29, 1.82) is 0 Å². The molecule has 0 aliphatic carbocycles. The second-order valence-corrected chi connectivity index (χ2v) is 6.15. The van der Waals surface area contributed by atoms with Crippen molar-refractivity contribution in [1.82, 2.24) is 15.0 Å². The Balaban J connectivity index is 2.39. The van der Waals surface area contributed by atoms with Crippen molar-refractivity contribution in [2.75, 3.05) is 0 Å². The Hall–Kier alpha value is -1.68. The molecule has 0 fully saturated rings. The van der Waals surface area contributed by atoms with Gasteiger partial charge in [0.1, 0.15) is 0 Å². The SMILES string of the molecule is CCCc1c(CN)nnn1-c1ccc(C(C)(C)C)cc1. The Kier molecular flexibility index (Phi) is 4.23. The first-order chi connectivity index (χ1) is 9.47. The normalized spacial score (nSPS) is 11.8. The molecule has 0 unspecified atom stereocenters. The molecule has 1 aromatic heterocycles. The number of rotatable bonds is 4. The lowest BCUT2D eigenvalue weighted by Crippen LogP contribution is -2.11. The van der Waals surface area contributed by atoms with Gasteiger partial charge < -0.3 is 5.73 Å². The number of nitrogens with two attached hydrogens (primary N) is 1. The number of hydrogen-bond donors (Lipinski definition) is 1.